The van der Waals surface area contributed by atoms with Crippen molar-refractivity contribution < 1.29 is 14.3 Å². The zero-order chi connectivity index (χ0) is 18.8. The Labute approximate surface area is 162 Å². The van der Waals surface area contributed by atoms with E-state index in [1.165, 1.54) is 0 Å². The highest BCUT2D eigenvalue weighted by Crippen LogP contribution is 2.35. The number of aryl methyl sites for hydroxylation is 1. The lowest BCUT2D eigenvalue weighted by Crippen LogP contribution is -2.34. The summed E-state index contributed by atoms with van der Waals surface area (Å²) >= 11 is 3.53. The van der Waals surface area contributed by atoms with Gasteiger partial charge in [-0.3, -0.25) is 9.59 Å². The number of allylic oxidation sites excluding steroid dienone is 1. The predicted molar refractivity (Wildman–Crippen MR) is 105 cm³/mol. The van der Waals surface area contributed by atoms with Gasteiger partial charge >= 0.3 is 0 Å². The zero-order valence-corrected chi connectivity index (χ0v) is 16.9. The molecule has 2 unspecified atom stereocenters. The molecule has 0 bridgehead atoms. The van der Waals surface area contributed by atoms with Crippen LogP contribution in [0.25, 0.3) is 0 Å². The number of nitrogens with zero attached hydrogens (tertiary/aromatic N) is 1. The van der Waals surface area contributed by atoms with Crippen molar-refractivity contribution >= 4 is 33.5 Å². The second kappa shape index (κ2) is 7.74. The van der Waals surface area contributed by atoms with Crippen molar-refractivity contribution in [1.29, 1.82) is 0 Å². The van der Waals surface area contributed by atoms with Gasteiger partial charge in [0.25, 0.3) is 11.8 Å². The molecule has 0 aromatic heterocycles. The molecule has 6 heteroatoms. The second-order valence-electron chi connectivity index (χ2n) is 7.01. The van der Waals surface area contributed by atoms with Crippen molar-refractivity contribution in [3.8, 4) is 5.75 Å². The molecule has 0 saturated heterocycles. The van der Waals surface area contributed by atoms with E-state index in [0.29, 0.717) is 11.3 Å². The van der Waals surface area contributed by atoms with Gasteiger partial charge in [0.05, 0.1) is 16.5 Å². The minimum atomic E-state index is -0.392. The number of nitrogens with one attached hydrogen (secondary N) is 1. The third-order valence-electron chi connectivity index (χ3n) is 4.80. The van der Waals surface area contributed by atoms with E-state index in [0.717, 1.165) is 40.6 Å². The Hall–Kier alpha value is -1.95. The van der Waals surface area contributed by atoms with Gasteiger partial charge in [0, 0.05) is 17.8 Å². The van der Waals surface area contributed by atoms with Crippen LogP contribution < -0.4 is 10.1 Å². The lowest BCUT2D eigenvalue weighted by Gasteiger charge is -2.19. The standard InChI is InChI=1S/C20H23BrN2O3/c1-11-7-12(2)23-20(25)16(11)10-22-19(24)15-8-14-6-4-5-13(3)26-18(14)17(21)9-15/h7-9,13,16H,4-6,10H2,1-3H3,(H,22,24). The lowest BCUT2D eigenvalue weighted by atomic mass is 9.95. The molecule has 138 valence electrons. The molecule has 2 aliphatic heterocycles. The minimum Gasteiger partial charge on any atom is -0.489 e. The molecule has 1 aromatic rings. The van der Waals surface area contributed by atoms with Crippen molar-refractivity contribution in [3.05, 3.63) is 39.4 Å². The summed E-state index contributed by atoms with van der Waals surface area (Å²) in [6, 6.07) is 3.67. The average Bonchev–Trinajstić information content (AvgIpc) is 2.75. The van der Waals surface area contributed by atoms with Crippen molar-refractivity contribution in [2.45, 2.75) is 46.1 Å². The average molecular weight is 419 g/mol. The van der Waals surface area contributed by atoms with Gasteiger partial charge in [-0.2, -0.15) is 0 Å². The molecule has 2 atom stereocenters. The fourth-order valence-corrected chi connectivity index (χ4v) is 3.99. The van der Waals surface area contributed by atoms with Gasteiger partial charge in [0.2, 0.25) is 0 Å². The quantitative estimate of drug-likeness (QED) is 0.810. The number of fused-ring (bicyclic) bond motifs is 1. The minimum absolute atomic E-state index is 0.170. The number of amides is 2. The van der Waals surface area contributed by atoms with Gasteiger partial charge < -0.3 is 10.1 Å². The first-order valence-electron chi connectivity index (χ1n) is 8.89. The number of carbonyl (C=O) groups is 2. The number of benzene rings is 1. The van der Waals surface area contributed by atoms with Crippen LogP contribution >= 0.6 is 15.9 Å². The fraction of sp³-hybridized carbons (Fsp3) is 0.450. The van der Waals surface area contributed by atoms with Crippen LogP contribution in [0.4, 0.5) is 0 Å². The summed E-state index contributed by atoms with van der Waals surface area (Å²) in [5, 5.41) is 2.87. The molecule has 0 radical (unpaired) electrons. The first-order valence-corrected chi connectivity index (χ1v) is 9.69. The number of halogens is 1. The van der Waals surface area contributed by atoms with Crippen LogP contribution in [0.15, 0.2) is 33.2 Å². The van der Waals surface area contributed by atoms with Gasteiger partial charge in [-0.1, -0.05) is 5.57 Å². The van der Waals surface area contributed by atoms with Gasteiger partial charge in [-0.05, 0) is 79.7 Å². The maximum Gasteiger partial charge on any atom is 0.254 e. The molecule has 0 spiro atoms. The summed E-state index contributed by atoms with van der Waals surface area (Å²) in [6.45, 7) is 6.00. The Kier molecular flexibility index (Phi) is 5.61. The molecule has 0 fully saturated rings. The molecule has 3 rings (SSSR count). The molecule has 0 aliphatic carbocycles. The largest absolute Gasteiger partial charge is 0.489 e. The summed E-state index contributed by atoms with van der Waals surface area (Å²) in [5.74, 6) is 0.0414. The topological polar surface area (TPSA) is 67.8 Å². The van der Waals surface area contributed by atoms with E-state index >= 15 is 0 Å². The summed E-state index contributed by atoms with van der Waals surface area (Å²) in [4.78, 5) is 28.7. The second-order valence-corrected chi connectivity index (χ2v) is 7.86. The van der Waals surface area contributed by atoms with Crippen molar-refractivity contribution in [1.82, 2.24) is 5.32 Å². The first kappa shape index (κ1) is 18.8. The van der Waals surface area contributed by atoms with Crippen molar-refractivity contribution in [3.63, 3.8) is 0 Å². The Morgan fingerprint density at radius 1 is 1.38 bits per heavy atom. The van der Waals surface area contributed by atoms with Gasteiger partial charge in [0.15, 0.2) is 0 Å². The number of carbonyl (C=O) groups excluding carboxylic acids is 2. The fourth-order valence-electron chi connectivity index (χ4n) is 3.39. The Morgan fingerprint density at radius 2 is 2.15 bits per heavy atom. The van der Waals surface area contributed by atoms with E-state index < -0.39 is 5.92 Å². The van der Waals surface area contributed by atoms with Crippen molar-refractivity contribution in [2.75, 3.05) is 6.54 Å². The summed E-state index contributed by atoms with van der Waals surface area (Å²) in [5.41, 5.74) is 3.24. The van der Waals surface area contributed by atoms with Gasteiger partial charge in [-0.25, -0.2) is 4.99 Å². The van der Waals surface area contributed by atoms with E-state index in [4.69, 9.17) is 4.74 Å². The molecular formula is C20H23BrN2O3. The summed E-state index contributed by atoms with van der Waals surface area (Å²) in [7, 11) is 0. The van der Waals surface area contributed by atoms with Gasteiger partial charge in [0.1, 0.15) is 5.75 Å². The monoisotopic (exact) mass is 418 g/mol. The van der Waals surface area contributed by atoms with Crippen LogP contribution in [0, 0.1) is 5.92 Å². The zero-order valence-electron chi connectivity index (χ0n) is 15.3. The number of dihydropyridines is 1. The number of aliphatic imine (C=N–C) groups is 1. The van der Waals surface area contributed by atoms with E-state index in [1.807, 2.05) is 19.1 Å². The highest BCUT2D eigenvalue weighted by atomic mass is 79.9. The van der Waals surface area contributed by atoms with E-state index in [2.05, 4.69) is 33.2 Å². The Morgan fingerprint density at radius 3 is 2.88 bits per heavy atom. The normalized spacial score (nSPS) is 22.5. The van der Waals surface area contributed by atoms with Crippen LogP contribution in [0.2, 0.25) is 0 Å². The molecule has 5 nitrogen and oxygen atoms in total. The summed E-state index contributed by atoms with van der Waals surface area (Å²) < 4.78 is 6.76. The number of rotatable bonds is 3. The SMILES string of the molecule is CC1=CC(C)=NC(=O)C1CNC(=O)c1cc(Br)c2c(c1)CCCC(C)O2. The van der Waals surface area contributed by atoms with E-state index in [1.54, 1.807) is 13.0 Å². The molecule has 26 heavy (non-hydrogen) atoms. The molecule has 1 aromatic carbocycles. The third-order valence-corrected chi connectivity index (χ3v) is 5.39. The Balaban J connectivity index is 1.73. The highest BCUT2D eigenvalue weighted by molar-refractivity contribution is 9.10. The maximum absolute atomic E-state index is 12.6. The molecule has 0 saturated carbocycles. The first-order chi connectivity index (χ1) is 12.3. The number of hydrogen-bond acceptors (Lipinski definition) is 3. The number of ether oxygens (including phenoxy) is 1. The van der Waals surface area contributed by atoms with E-state index in [9.17, 15) is 9.59 Å². The van der Waals surface area contributed by atoms with Crippen LogP contribution in [0.1, 0.15) is 49.5 Å². The molecule has 2 aliphatic rings. The summed E-state index contributed by atoms with van der Waals surface area (Å²) in [6.07, 6.45) is 4.97. The van der Waals surface area contributed by atoms with Crippen molar-refractivity contribution in [2.24, 2.45) is 10.9 Å². The van der Waals surface area contributed by atoms with E-state index in [-0.39, 0.29) is 24.5 Å². The smallest absolute Gasteiger partial charge is 0.254 e. The molecule has 2 heterocycles. The van der Waals surface area contributed by atoms with Crippen LogP contribution in [-0.2, 0) is 11.2 Å². The van der Waals surface area contributed by atoms with Crippen LogP contribution in [-0.4, -0.2) is 30.2 Å². The maximum atomic E-state index is 12.6. The lowest BCUT2D eigenvalue weighted by molar-refractivity contribution is -0.120. The highest BCUT2D eigenvalue weighted by Gasteiger charge is 2.25. The number of hydrogen-bond donors (Lipinski definition) is 1. The molecular weight excluding hydrogens is 396 g/mol. The van der Waals surface area contributed by atoms with Crippen LogP contribution in [0.3, 0.4) is 0 Å². The molecule has 2 amide bonds. The third kappa shape index (κ3) is 4.06. The predicted octanol–water partition coefficient (Wildman–Crippen LogP) is 3.85. The van der Waals surface area contributed by atoms with Gasteiger partial charge in [-0.15, -0.1) is 0 Å². The molecule has 1 N–H and O–H groups in total. The van der Waals surface area contributed by atoms with Crippen LogP contribution in [0.5, 0.6) is 5.75 Å². The Bertz CT molecular complexity index is 814.